The van der Waals surface area contributed by atoms with Crippen molar-refractivity contribution in [1.29, 1.82) is 0 Å². The molecular formula is C7H15NO4. The van der Waals surface area contributed by atoms with Crippen molar-refractivity contribution >= 4 is 0 Å². The van der Waals surface area contributed by atoms with Crippen LogP contribution in [0, 0.1) is 0 Å². The molecule has 0 aliphatic carbocycles. The molecule has 0 bridgehead atoms. The van der Waals surface area contributed by atoms with Crippen LogP contribution in [0.5, 0.6) is 0 Å². The summed E-state index contributed by atoms with van der Waals surface area (Å²) in [4.78, 5) is 0. The Bertz CT molecular complexity index is 127. The zero-order valence-electron chi connectivity index (χ0n) is 6.97. The fourth-order valence-electron chi connectivity index (χ4n) is 1.30. The molecule has 1 heterocycles. The van der Waals surface area contributed by atoms with Gasteiger partial charge in [0.25, 0.3) is 0 Å². The summed E-state index contributed by atoms with van der Waals surface area (Å²) in [7, 11) is 1.68. The van der Waals surface area contributed by atoms with Gasteiger partial charge in [-0.2, -0.15) is 0 Å². The van der Waals surface area contributed by atoms with Crippen LogP contribution in [0.4, 0.5) is 0 Å². The van der Waals surface area contributed by atoms with Crippen molar-refractivity contribution in [2.24, 2.45) is 0 Å². The molecule has 0 radical (unpaired) electrons. The quantitative estimate of drug-likeness (QED) is 0.381. The monoisotopic (exact) mass is 177 g/mol. The number of ether oxygens (including phenoxy) is 1. The molecule has 12 heavy (non-hydrogen) atoms. The van der Waals surface area contributed by atoms with Crippen LogP contribution in [-0.2, 0) is 4.74 Å². The van der Waals surface area contributed by atoms with Crippen molar-refractivity contribution < 1.29 is 20.1 Å². The number of hydrogen-bond acceptors (Lipinski definition) is 5. The van der Waals surface area contributed by atoms with E-state index in [4.69, 9.17) is 9.84 Å². The molecule has 1 saturated heterocycles. The lowest BCUT2D eigenvalue weighted by atomic mass is 9.99. The molecule has 0 saturated carbocycles. The van der Waals surface area contributed by atoms with E-state index in [9.17, 15) is 10.2 Å². The zero-order chi connectivity index (χ0) is 9.14. The van der Waals surface area contributed by atoms with E-state index in [1.807, 2.05) is 0 Å². The van der Waals surface area contributed by atoms with Gasteiger partial charge in [0, 0.05) is 0 Å². The summed E-state index contributed by atoms with van der Waals surface area (Å²) in [6.45, 7) is 0.0363. The zero-order valence-corrected chi connectivity index (χ0v) is 6.97. The van der Waals surface area contributed by atoms with E-state index < -0.39 is 18.3 Å². The van der Waals surface area contributed by atoms with Crippen LogP contribution in [0.2, 0.25) is 0 Å². The molecule has 4 N–H and O–H groups in total. The van der Waals surface area contributed by atoms with E-state index in [-0.39, 0.29) is 12.6 Å². The average Bonchev–Trinajstić information content (AvgIpc) is 2.10. The summed E-state index contributed by atoms with van der Waals surface area (Å²) in [6, 6.07) is -0.261. The minimum atomic E-state index is -1.01. The van der Waals surface area contributed by atoms with E-state index >= 15 is 0 Å². The second-order valence-electron chi connectivity index (χ2n) is 2.93. The summed E-state index contributed by atoms with van der Waals surface area (Å²) in [5.74, 6) is 0. The number of nitrogens with one attached hydrogen (secondary N) is 1. The Morgan fingerprint density at radius 2 is 2.08 bits per heavy atom. The van der Waals surface area contributed by atoms with Gasteiger partial charge in [0.2, 0.25) is 0 Å². The summed E-state index contributed by atoms with van der Waals surface area (Å²) in [5.41, 5.74) is 0. The Morgan fingerprint density at radius 3 is 2.58 bits per heavy atom. The van der Waals surface area contributed by atoms with Gasteiger partial charge in [-0.05, 0) is 7.05 Å². The lowest BCUT2D eigenvalue weighted by Crippen LogP contribution is -2.58. The topological polar surface area (TPSA) is 82.0 Å². The molecule has 0 spiro atoms. The first kappa shape index (κ1) is 9.88. The smallest absolute Gasteiger partial charge is 0.110 e. The number of likely N-dealkylation sites (N-methyl/N-ethyl adjacent to an activating group) is 1. The Hall–Kier alpha value is -0.200. The van der Waals surface area contributed by atoms with Crippen LogP contribution >= 0.6 is 0 Å². The van der Waals surface area contributed by atoms with E-state index in [1.54, 1.807) is 7.05 Å². The highest BCUT2D eigenvalue weighted by Gasteiger charge is 2.36. The Labute approximate surface area is 71.0 Å². The number of rotatable bonds is 2. The van der Waals surface area contributed by atoms with Crippen LogP contribution in [0.15, 0.2) is 0 Å². The van der Waals surface area contributed by atoms with Gasteiger partial charge in [-0.15, -0.1) is 0 Å². The molecule has 5 nitrogen and oxygen atoms in total. The molecule has 1 aliphatic heterocycles. The van der Waals surface area contributed by atoms with Gasteiger partial charge in [0.1, 0.15) is 18.3 Å². The van der Waals surface area contributed by atoms with Crippen LogP contribution in [0.3, 0.4) is 0 Å². The van der Waals surface area contributed by atoms with Gasteiger partial charge >= 0.3 is 0 Å². The Balaban J connectivity index is 2.52. The summed E-state index contributed by atoms with van der Waals surface area (Å²) in [6.07, 6.45) is -2.55. The molecule has 0 aromatic heterocycles. The highest BCUT2D eigenvalue weighted by atomic mass is 16.5. The van der Waals surface area contributed by atoms with Gasteiger partial charge in [-0.3, -0.25) is 0 Å². The second-order valence-corrected chi connectivity index (χ2v) is 2.93. The molecule has 0 aromatic carbocycles. The Kier molecular flexibility index (Phi) is 3.42. The van der Waals surface area contributed by atoms with E-state index in [1.165, 1.54) is 0 Å². The highest BCUT2D eigenvalue weighted by Crippen LogP contribution is 2.14. The maximum atomic E-state index is 9.44. The third kappa shape index (κ3) is 1.75. The van der Waals surface area contributed by atoms with Crippen LogP contribution in [0.25, 0.3) is 0 Å². The van der Waals surface area contributed by atoms with E-state index in [0.717, 1.165) is 0 Å². The van der Waals surface area contributed by atoms with Crippen LogP contribution in [-0.4, -0.2) is 59.9 Å². The number of aliphatic hydroxyl groups excluding tert-OH is 3. The SMILES string of the molecule is CNC1COC(CO)[C@@H](O)C1O. The van der Waals surface area contributed by atoms with E-state index in [2.05, 4.69) is 5.32 Å². The van der Waals surface area contributed by atoms with Gasteiger partial charge < -0.3 is 25.4 Å². The van der Waals surface area contributed by atoms with Gasteiger partial charge in [-0.25, -0.2) is 0 Å². The fraction of sp³-hybridized carbons (Fsp3) is 1.00. The first-order valence-electron chi connectivity index (χ1n) is 3.96. The van der Waals surface area contributed by atoms with Crippen LogP contribution < -0.4 is 5.32 Å². The lowest BCUT2D eigenvalue weighted by molar-refractivity contribution is -0.160. The molecule has 5 heteroatoms. The highest BCUT2D eigenvalue weighted by molar-refractivity contribution is 4.89. The lowest BCUT2D eigenvalue weighted by Gasteiger charge is -2.36. The van der Waals surface area contributed by atoms with Crippen molar-refractivity contribution in [3.63, 3.8) is 0 Å². The molecule has 3 unspecified atom stereocenters. The third-order valence-electron chi connectivity index (χ3n) is 2.18. The maximum absolute atomic E-state index is 9.44. The molecular weight excluding hydrogens is 162 g/mol. The number of hydrogen-bond donors (Lipinski definition) is 4. The predicted octanol–water partition coefficient (Wildman–Crippen LogP) is -2.31. The van der Waals surface area contributed by atoms with E-state index in [0.29, 0.717) is 6.61 Å². The summed E-state index contributed by atoms with van der Waals surface area (Å²) < 4.78 is 5.09. The average molecular weight is 177 g/mol. The fourth-order valence-corrected chi connectivity index (χ4v) is 1.30. The third-order valence-corrected chi connectivity index (χ3v) is 2.18. The molecule has 1 rings (SSSR count). The second kappa shape index (κ2) is 4.15. The maximum Gasteiger partial charge on any atom is 0.110 e. The van der Waals surface area contributed by atoms with Crippen molar-refractivity contribution in [1.82, 2.24) is 5.32 Å². The normalized spacial score (nSPS) is 43.0. The first-order chi connectivity index (χ1) is 5.70. The summed E-state index contributed by atoms with van der Waals surface area (Å²) in [5, 5.41) is 30.3. The first-order valence-corrected chi connectivity index (χ1v) is 3.96. The van der Waals surface area contributed by atoms with Crippen molar-refractivity contribution in [3.05, 3.63) is 0 Å². The standard InChI is InChI=1S/C7H15NO4/c1-8-4-3-12-5(2-9)7(11)6(4)10/h4-11H,2-3H2,1H3/t4?,5?,6?,7-/m1/s1. The molecule has 1 aliphatic rings. The van der Waals surface area contributed by atoms with Crippen molar-refractivity contribution in [2.75, 3.05) is 20.3 Å². The Morgan fingerprint density at radius 1 is 1.42 bits per heavy atom. The predicted molar refractivity (Wildman–Crippen MR) is 41.7 cm³/mol. The molecule has 4 atom stereocenters. The largest absolute Gasteiger partial charge is 0.394 e. The van der Waals surface area contributed by atoms with Gasteiger partial charge in [-0.1, -0.05) is 0 Å². The molecule has 0 aromatic rings. The minimum Gasteiger partial charge on any atom is -0.394 e. The summed E-state index contributed by atoms with van der Waals surface area (Å²) >= 11 is 0. The van der Waals surface area contributed by atoms with Crippen LogP contribution in [0.1, 0.15) is 0 Å². The number of aliphatic hydroxyl groups is 3. The van der Waals surface area contributed by atoms with Crippen molar-refractivity contribution in [3.8, 4) is 0 Å². The molecule has 0 amide bonds. The minimum absolute atomic E-state index is 0.261. The van der Waals surface area contributed by atoms with Gasteiger partial charge in [0.15, 0.2) is 0 Å². The van der Waals surface area contributed by atoms with Crippen molar-refractivity contribution in [2.45, 2.75) is 24.4 Å². The molecule has 72 valence electrons. The van der Waals surface area contributed by atoms with Gasteiger partial charge in [0.05, 0.1) is 19.3 Å². The molecule has 1 fully saturated rings.